The lowest BCUT2D eigenvalue weighted by atomic mass is 10.1. The highest BCUT2D eigenvalue weighted by Gasteiger charge is 2.14. The minimum absolute atomic E-state index is 0.0902. The van der Waals surface area contributed by atoms with E-state index in [1.165, 1.54) is 6.07 Å². The van der Waals surface area contributed by atoms with Gasteiger partial charge in [0, 0.05) is 23.7 Å². The molecule has 0 saturated heterocycles. The number of nitrogens with one attached hydrogen (secondary N) is 1. The molecule has 5 heteroatoms. The maximum Gasteiger partial charge on any atom is 0.290 e. The monoisotopic (exact) mass is 296 g/mol. The summed E-state index contributed by atoms with van der Waals surface area (Å²) in [7, 11) is 0. The van der Waals surface area contributed by atoms with E-state index in [0.29, 0.717) is 11.3 Å². The van der Waals surface area contributed by atoms with Crippen LogP contribution < -0.4 is 5.32 Å². The summed E-state index contributed by atoms with van der Waals surface area (Å²) in [4.78, 5) is 12.0. The lowest BCUT2D eigenvalue weighted by Gasteiger charge is -2.03. The molecule has 1 amide bonds. The summed E-state index contributed by atoms with van der Waals surface area (Å²) in [6, 6.07) is 17.2. The van der Waals surface area contributed by atoms with Gasteiger partial charge in [-0.15, -0.1) is 0 Å². The molecule has 0 fully saturated rings. The number of benzene rings is 2. The van der Waals surface area contributed by atoms with Gasteiger partial charge in [-0.3, -0.25) is 4.79 Å². The number of hydrogen-bond acceptors (Lipinski definition) is 3. The molecule has 0 unspecified atom stereocenters. The van der Waals surface area contributed by atoms with Crippen LogP contribution >= 0.6 is 0 Å². The molecule has 0 bridgehead atoms. The predicted octanol–water partition coefficient (Wildman–Crippen LogP) is 3.41. The first kappa shape index (κ1) is 14.0. The van der Waals surface area contributed by atoms with E-state index in [0.717, 1.165) is 5.56 Å². The van der Waals surface area contributed by atoms with Gasteiger partial charge in [0.25, 0.3) is 5.91 Å². The van der Waals surface area contributed by atoms with Crippen LogP contribution in [0, 0.1) is 5.82 Å². The van der Waals surface area contributed by atoms with Gasteiger partial charge >= 0.3 is 0 Å². The van der Waals surface area contributed by atoms with Gasteiger partial charge < -0.3 is 9.84 Å². The molecule has 0 aliphatic heterocycles. The zero-order valence-corrected chi connectivity index (χ0v) is 11.6. The summed E-state index contributed by atoms with van der Waals surface area (Å²) in [5.74, 6) is -0.696. The molecule has 1 N–H and O–H groups in total. The van der Waals surface area contributed by atoms with Crippen molar-refractivity contribution in [1.82, 2.24) is 10.5 Å². The van der Waals surface area contributed by atoms with Gasteiger partial charge in [0.05, 0.1) is 0 Å². The molecule has 1 heterocycles. The summed E-state index contributed by atoms with van der Waals surface area (Å²) in [5.41, 5.74) is 1.86. The third-order valence-electron chi connectivity index (χ3n) is 3.20. The highest BCUT2D eigenvalue weighted by molar-refractivity contribution is 5.92. The highest BCUT2D eigenvalue weighted by atomic mass is 19.1. The summed E-state index contributed by atoms with van der Waals surface area (Å²) in [5, 5.41) is 6.48. The Balaban J connectivity index is 1.69. The maximum absolute atomic E-state index is 13.5. The van der Waals surface area contributed by atoms with E-state index in [2.05, 4.69) is 10.5 Å². The van der Waals surface area contributed by atoms with Crippen molar-refractivity contribution in [3.05, 3.63) is 77.8 Å². The van der Waals surface area contributed by atoms with Crippen molar-refractivity contribution in [2.24, 2.45) is 0 Å². The van der Waals surface area contributed by atoms with Crippen molar-refractivity contribution in [2.45, 2.75) is 6.54 Å². The topological polar surface area (TPSA) is 55.1 Å². The Hall–Kier alpha value is -2.95. The second-order valence-corrected chi connectivity index (χ2v) is 4.72. The van der Waals surface area contributed by atoms with E-state index < -0.39 is 5.91 Å². The van der Waals surface area contributed by atoms with E-state index in [-0.39, 0.29) is 18.1 Å². The first-order valence-corrected chi connectivity index (χ1v) is 6.78. The highest BCUT2D eigenvalue weighted by Crippen LogP contribution is 2.18. The van der Waals surface area contributed by atoms with Gasteiger partial charge in [-0.1, -0.05) is 53.7 Å². The molecule has 1 aromatic heterocycles. The molecule has 3 aromatic rings. The molecule has 4 nitrogen and oxygen atoms in total. The van der Waals surface area contributed by atoms with Gasteiger partial charge in [0.15, 0.2) is 0 Å². The molecular formula is C17H13FN2O2. The molecule has 0 aliphatic carbocycles. The van der Waals surface area contributed by atoms with Crippen LogP contribution in [-0.4, -0.2) is 11.1 Å². The van der Waals surface area contributed by atoms with Gasteiger partial charge in [-0.05, 0) is 6.07 Å². The Morgan fingerprint density at radius 1 is 1.09 bits per heavy atom. The Bertz CT molecular complexity index is 784. The summed E-state index contributed by atoms with van der Waals surface area (Å²) >= 11 is 0. The van der Waals surface area contributed by atoms with Crippen molar-refractivity contribution in [1.29, 1.82) is 0 Å². The largest absolute Gasteiger partial charge is 0.350 e. The lowest BCUT2D eigenvalue weighted by Crippen LogP contribution is -2.22. The number of aromatic nitrogens is 1. The fourth-order valence-electron chi connectivity index (χ4n) is 2.03. The zero-order chi connectivity index (χ0) is 15.4. The third kappa shape index (κ3) is 3.03. The second-order valence-electron chi connectivity index (χ2n) is 4.72. The average Bonchev–Trinajstić information content (AvgIpc) is 3.05. The fourth-order valence-corrected chi connectivity index (χ4v) is 2.03. The first-order chi connectivity index (χ1) is 10.7. The number of carbonyl (C=O) groups is 1. The third-order valence-corrected chi connectivity index (χ3v) is 3.20. The summed E-state index contributed by atoms with van der Waals surface area (Å²) in [6.45, 7) is 0.0902. The van der Waals surface area contributed by atoms with Crippen molar-refractivity contribution < 1.29 is 13.7 Å². The molecular weight excluding hydrogens is 283 g/mol. The Morgan fingerprint density at radius 2 is 1.82 bits per heavy atom. The number of amides is 1. The maximum atomic E-state index is 13.5. The molecule has 0 aliphatic rings. The minimum atomic E-state index is -0.432. The van der Waals surface area contributed by atoms with E-state index in [4.69, 9.17) is 4.52 Å². The van der Waals surface area contributed by atoms with Crippen molar-refractivity contribution in [3.8, 4) is 11.3 Å². The second kappa shape index (κ2) is 6.22. The molecule has 0 radical (unpaired) electrons. The molecule has 110 valence electrons. The van der Waals surface area contributed by atoms with Crippen LogP contribution in [-0.2, 0) is 6.54 Å². The van der Waals surface area contributed by atoms with E-state index >= 15 is 0 Å². The van der Waals surface area contributed by atoms with Crippen molar-refractivity contribution in [3.63, 3.8) is 0 Å². The number of nitrogens with zero attached hydrogens (tertiary/aromatic N) is 1. The normalized spacial score (nSPS) is 10.4. The Labute approximate surface area is 126 Å². The standard InChI is InChI=1S/C17H13FN2O2/c18-14-9-5-4-8-13(14)11-19-17(21)16-10-15(20-22-16)12-6-2-1-3-7-12/h1-10H,11H2,(H,19,21). The van der Waals surface area contributed by atoms with Gasteiger partial charge in [-0.2, -0.15) is 0 Å². The zero-order valence-electron chi connectivity index (χ0n) is 11.6. The van der Waals surface area contributed by atoms with Crippen LogP contribution in [0.2, 0.25) is 0 Å². The fraction of sp³-hybridized carbons (Fsp3) is 0.0588. The van der Waals surface area contributed by atoms with Crippen LogP contribution in [0.1, 0.15) is 16.1 Å². The summed E-state index contributed by atoms with van der Waals surface area (Å²) in [6.07, 6.45) is 0. The van der Waals surface area contributed by atoms with Crippen LogP contribution in [0.4, 0.5) is 4.39 Å². The molecule has 0 atom stereocenters. The van der Waals surface area contributed by atoms with E-state index in [1.807, 2.05) is 30.3 Å². The number of rotatable bonds is 4. The molecule has 0 saturated carbocycles. The molecule has 3 rings (SSSR count). The van der Waals surface area contributed by atoms with Crippen LogP contribution in [0.25, 0.3) is 11.3 Å². The minimum Gasteiger partial charge on any atom is -0.350 e. The first-order valence-electron chi connectivity index (χ1n) is 6.78. The van der Waals surface area contributed by atoms with Crippen molar-refractivity contribution >= 4 is 5.91 Å². The van der Waals surface area contributed by atoms with Crippen LogP contribution in [0.3, 0.4) is 0 Å². The van der Waals surface area contributed by atoms with Crippen molar-refractivity contribution in [2.75, 3.05) is 0 Å². The quantitative estimate of drug-likeness (QED) is 0.802. The number of halogens is 1. The van der Waals surface area contributed by atoms with Gasteiger partial charge in [-0.25, -0.2) is 4.39 Å². The van der Waals surface area contributed by atoms with Gasteiger partial charge in [0.2, 0.25) is 5.76 Å². The Morgan fingerprint density at radius 3 is 2.59 bits per heavy atom. The van der Waals surface area contributed by atoms with Crippen LogP contribution in [0.5, 0.6) is 0 Å². The van der Waals surface area contributed by atoms with Gasteiger partial charge in [0.1, 0.15) is 11.5 Å². The SMILES string of the molecule is O=C(NCc1ccccc1F)c1cc(-c2ccccc2)no1. The van der Waals surface area contributed by atoms with E-state index in [9.17, 15) is 9.18 Å². The predicted molar refractivity (Wildman–Crippen MR) is 79.5 cm³/mol. The number of hydrogen-bond donors (Lipinski definition) is 1. The number of carbonyl (C=O) groups excluding carboxylic acids is 1. The Kier molecular flexibility index (Phi) is 3.96. The average molecular weight is 296 g/mol. The smallest absolute Gasteiger partial charge is 0.290 e. The molecule has 2 aromatic carbocycles. The molecule has 22 heavy (non-hydrogen) atoms. The van der Waals surface area contributed by atoms with E-state index in [1.54, 1.807) is 24.3 Å². The van der Waals surface area contributed by atoms with Crippen LogP contribution in [0.15, 0.2) is 65.2 Å². The summed E-state index contributed by atoms with van der Waals surface area (Å²) < 4.78 is 18.5. The lowest BCUT2D eigenvalue weighted by molar-refractivity contribution is 0.0913. The molecule has 0 spiro atoms.